The van der Waals surface area contributed by atoms with Crippen LogP contribution in [0.15, 0.2) is 85.1 Å². The summed E-state index contributed by atoms with van der Waals surface area (Å²) in [5.74, 6) is 0.547. The van der Waals surface area contributed by atoms with E-state index in [0.717, 1.165) is 22.6 Å². The molecule has 0 saturated carbocycles. The Labute approximate surface area is 180 Å². The molecule has 4 rings (SSSR count). The lowest BCUT2D eigenvalue weighted by molar-refractivity contribution is 0.102. The van der Waals surface area contributed by atoms with Crippen molar-refractivity contribution in [2.24, 2.45) is 0 Å². The first-order valence-corrected chi connectivity index (χ1v) is 10.6. The van der Waals surface area contributed by atoms with Crippen molar-refractivity contribution >= 4 is 22.4 Å². The number of carbonyl (C=O) groups excluding carboxylic acids is 1. The molecule has 4 aromatic rings. The molecule has 0 aliphatic rings. The average Bonchev–Trinajstić information content (AvgIpc) is 3.20. The van der Waals surface area contributed by atoms with Crippen LogP contribution in [0.1, 0.15) is 31.9 Å². The molecule has 0 fully saturated rings. The van der Waals surface area contributed by atoms with Gasteiger partial charge in [-0.2, -0.15) is 0 Å². The molecule has 3 aromatic carbocycles. The topological polar surface area (TPSA) is 51.2 Å². The van der Waals surface area contributed by atoms with Gasteiger partial charge in [-0.25, -0.2) is 4.98 Å². The number of benzene rings is 3. The van der Waals surface area contributed by atoms with Crippen LogP contribution >= 0.6 is 11.3 Å². The van der Waals surface area contributed by atoms with Gasteiger partial charge in [0, 0.05) is 23.1 Å². The van der Waals surface area contributed by atoms with E-state index >= 15 is 0 Å². The molecule has 0 aliphatic carbocycles. The summed E-state index contributed by atoms with van der Waals surface area (Å²) < 4.78 is 5.77. The van der Waals surface area contributed by atoms with Crippen LogP contribution in [-0.4, -0.2) is 10.9 Å². The van der Waals surface area contributed by atoms with E-state index < -0.39 is 0 Å². The zero-order valence-corrected chi connectivity index (χ0v) is 17.5. The third-order valence-corrected chi connectivity index (χ3v) is 5.51. The first-order chi connectivity index (χ1) is 14.7. The summed E-state index contributed by atoms with van der Waals surface area (Å²) in [6.07, 6.45) is 2.63. The molecule has 30 heavy (non-hydrogen) atoms. The Balaban J connectivity index is 1.33. The molecular formula is C25H22N2O2S. The Morgan fingerprint density at radius 1 is 0.967 bits per heavy atom. The van der Waals surface area contributed by atoms with Crippen molar-refractivity contribution in [2.45, 2.75) is 20.0 Å². The number of aryl methyl sites for hydroxylation is 1. The molecular weight excluding hydrogens is 392 g/mol. The largest absolute Gasteiger partial charge is 0.489 e. The van der Waals surface area contributed by atoms with Crippen LogP contribution in [0.5, 0.6) is 5.75 Å². The summed E-state index contributed by atoms with van der Waals surface area (Å²) >= 11 is 1.50. The zero-order chi connectivity index (χ0) is 20.8. The maximum atomic E-state index is 12.5. The number of ether oxygens (including phenoxy) is 1. The van der Waals surface area contributed by atoms with Gasteiger partial charge in [-0.1, -0.05) is 60.2 Å². The second-order valence-electron chi connectivity index (χ2n) is 7.05. The minimum Gasteiger partial charge on any atom is -0.489 e. The predicted octanol–water partition coefficient (Wildman–Crippen LogP) is 5.87. The van der Waals surface area contributed by atoms with E-state index in [-0.39, 0.29) is 5.91 Å². The Bertz CT molecular complexity index is 1120. The number of amides is 1. The van der Waals surface area contributed by atoms with Crippen molar-refractivity contribution in [2.75, 3.05) is 5.32 Å². The van der Waals surface area contributed by atoms with Crippen molar-refractivity contribution < 1.29 is 9.53 Å². The number of hydrogen-bond acceptors (Lipinski definition) is 4. The molecule has 1 amide bonds. The molecule has 1 aromatic heterocycles. The highest BCUT2D eigenvalue weighted by molar-refractivity contribution is 7.15. The molecule has 0 radical (unpaired) electrons. The van der Waals surface area contributed by atoms with Crippen LogP contribution in [0.25, 0.3) is 0 Å². The normalized spacial score (nSPS) is 10.6. The lowest BCUT2D eigenvalue weighted by Crippen LogP contribution is -2.11. The Morgan fingerprint density at radius 2 is 1.73 bits per heavy atom. The summed E-state index contributed by atoms with van der Waals surface area (Å²) in [7, 11) is 0. The summed E-state index contributed by atoms with van der Waals surface area (Å²) in [5, 5.41) is 3.48. The first-order valence-electron chi connectivity index (χ1n) is 9.74. The number of nitrogens with one attached hydrogen (secondary N) is 1. The fourth-order valence-corrected chi connectivity index (χ4v) is 3.92. The molecule has 0 saturated heterocycles. The standard InChI is InChI=1S/C25H22N2O2S/c1-18-6-5-9-20(14-18)15-23-16-26-25(30-23)27-24(28)21-10-12-22(13-11-21)29-17-19-7-3-2-4-8-19/h2-14,16H,15,17H2,1H3,(H,26,27,28). The molecule has 0 atom stereocenters. The molecule has 4 nitrogen and oxygen atoms in total. The average molecular weight is 415 g/mol. The fraction of sp³-hybridized carbons (Fsp3) is 0.120. The molecule has 0 unspecified atom stereocenters. The summed E-state index contributed by atoms with van der Waals surface area (Å²) in [5.41, 5.74) is 4.14. The monoisotopic (exact) mass is 414 g/mol. The van der Waals surface area contributed by atoms with Crippen molar-refractivity contribution in [3.63, 3.8) is 0 Å². The van der Waals surface area contributed by atoms with Crippen molar-refractivity contribution in [1.29, 1.82) is 0 Å². The van der Waals surface area contributed by atoms with Crippen LogP contribution in [0.2, 0.25) is 0 Å². The molecule has 0 spiro atoms. The predicted molar refractivity (Wildman–Crippen MR) is 121 cm³/mol. The third-order valence-electron chi connectivity index (χ3n) is 4.60. The van der Waals surface area contributed by atoms with E-state index in [1.165, 1.54) is 22.5 Å². The number of anilines is 1. The number of carbonyl (C=O) groups is 1. The maximum Gasteiger partial charge on any atom is 0.257 e. The number of rotatable bonds is 7. The number of aromatic nitrogens is 1. The van der Waals surface area contributed by atoms with Crippen LogP contribution in [0.3, 0.4) is 0 Å². The van der Waals surface area contributed by atoms with Gasteiger partial charge in [-0.15, -0.1) is 11.3 Å². The van der Waals surface area contributed by atoms with Crippen molar-refractivity contribution in [1.82, 2.24) is 4.98 Å². The smallest absolute Gasteiger partial charge is 0.257 e. The van der Waals surface area contributed by atoms with Gasteiger partial charge in [0.2, 0.25) is 0 Å². The maximum absolute atomic E-state index is 12.5. The third kappa shape index (κ3) is 5.33. The van der Waals surface area contributed by atoms with Crippen LogP contribution in [0.4, 0.5) is 5.13 Å². The lowest BCUT2D eigenvalue weighted by Gasteiger charge is -2.07. The van der Waals surface area contributed by atoms with Gasteiger partial charge in [0.05, 0.1) is 0 Å². The minimum atomic E-state index is -0.180. The molecule has 150 valence electrons. The van der Waals surface area contributed by atoms with Crippen LogP contribution in [-0.2, 0) is 13.0 Å². The van der Waals surface area contributed by atoms with Gasteiger partial charge in [0.15, 0.2) is 5.13 Å². The molecule has 1 heterocycles. The number of nitrogens with zero attached hydrogens (tertiary/aromatic N) is 1. The summed E-state index contributed by atoms with van der Waals surface area (Å²) in [6, 6.07) is 25.5. The van der Waals surface area contributed by atoms with Crippen LogP contribution < -0.4 is 10.1 Å². The lowest BCUT2D eigenvalue weighted by atomic mass is 10.1. The second-order valence-corrected chi connectivity index (χ2v) is 8.17. The second kappa shape index (κ2) is 9.37. The highest BCUT2D eigenvalue weighted by Crippen LogP contribution is 2.22. The summed E-state index contributed by atoms with van der Waals surface area (Å²) in [6.45, 7) is 2.58. The molecule has 1 N–H and O–H groups in total. The van der Waals surface area contributed by atoms with E-state index in [2.05, 4.69) is 41.5 Å². The quantitative estimate of drug-likeness (QED) is 0.411. The van der Waals surface area contributed by atoms with E-state index in [9.17, 15) is 4.79 Å². The van der Waals surface area contributed by atoms with Gasteiger partial charge < -0.3 is 4.74 Å². The highest BCUT2D eigenvalue weighted by atomic mass is 32.1. The first kappa shape index (κ1) is 19.9. The van der Waals surface area contributed by atoms with Gasteiger partial charge in [0.25, 0.3) is 5.91 Å². The van der Waals surface area contributed by atoms with Gasteiger partial charge in [0.1, 0.15) is 12.4 Å². The van der Waals surface area contributed by atoms with Gasteiger partial charge in [-0.05, 0) is 42.3 Å². The van der Waals surface area contributed by atoms with Gasteiger partial charge in [-0.3, -0.25) is 10.1 Å². The Morgan fingerprint density at radius 3 is 2.50 bits per heavy atom. The molecule has 5 heteroatoms. The molecule has 0 bridgehead atoms. The number of hydrogen-bond donors (Lipinski definition) is 1. The summed E-state index contributed by atoms with van der Waals surface area (Å²) in [4.78, 5) is 18.0. The highest BCUT2D eigenvalue weighted by Gasteiger charge is 2.10. The van der Waals surface area contributed by atoms with Gasteiger partial charge >= 0.3 is 0 Å². The van der Waals surface area contributed by atoms with E-state index in [0.29, 0.717) is 17.3 Å². The van der Waals surface area contributed by atoms with E-state index in [1.54, 1.807) is 12.1 Å². The Kier molecular flexibility index (Phi) is 6.20. The van der Waals surface area contributed by atoms with E-state index in [4.69, 9.17) is 4.74 Å². The zero-order valence-electron chi connectivity index (χ0n) is 16.7. The molecule has 0 aliphatic heterocycles. The fourth-order valence-electron chi connectivity index (χ4n) is 3.08. The van der Waals surface area contributed by atoms with Crippen molar-refractivity contribution in [3.05, 3.63) is 112 Å². The SMILES string of the molecule is Cc1cccc(Cc2cnc(NC(=O)c3ccc(OCc4ccccc4)cc3)s2)c1. The number of thiazole rings is 1. The Hall–Kier alpha value is -3.44. The van der Waals surface area contributed by atoms with E-state index in [1.807, 2.05) is 48.7 Å². The van der Waals surface area contributed by atoms with Crippen molar-refractivity contribution in [3.8, 4) is 5.75 Å². The van der Waals surface area contributed by atoms with Crippen LogP contribution in [0, 0.1) is 6.92 Å². The minimum absolute atomic E-state index is 0.180.